The lowest BCUT2D eigenvalue weighted by Crippen LogP contribution is -2.35. The van der Waals surface area contributed by atoms with Gasteiger partial charge in [0.2, 0.25) is 5.91 Å². The van der Waals surface area contributed by atoms with E-state index in [2.05, 4.69) is 26.1 Å². The van der Waals surface area contributed by atoms with E-state index in [0.717, 1.165) is 13.1 Å². The molecule has 1 aromatic heterocycles. The Morgan fingerprint density at radius 3 is 2.55 bits per heavy atom. The molecule has 1 atom stereocenters. The van der Waals surface area contributed by atoms with Crippen LogP contribution in [0.15, 0.2) is 16.6 Å². The molecule has 2 N–H and O–H groups in total. The van der Waals surface area contributed by atoms with E-state index in [1.54, 1.807) is 19.1 Å². The topological polar surface area (TPSA) is 88.1 Å². The molecule has 0 aliphatic carbocycles. The van der Waals surface area contributed by atoms with Crippen LogP contribution in [0, 0.1) is 0 Å². The van der Waals surface area contributed by atoms with E-state index in [1.165, 1.54) is 18.3 Å². The molecule has 2 aromatic rings. The van der Waals surface area contributed by atoms with Crippen molar-refractivity contribution in [3.63, 3.8) is 0 Å². The van der Waals surface area contributed by atoms with Crippen LogP contribution < -0.4 is 10.1 Å². The van der Waals surface area contributed by atoms with Crippen LogP contribution in [0.2, 0.25) is 0 Å². The molecule has 0 spiro atoms. The van der Waals surface area contributed by atoms with Gasteiger partial charge in [0.15, 0.2) is 5.75 Å². The van der Waals surface area contributed by atoms with Crippen molar-refractivity contribution in [1.29, 1.82) is 0 Å². The standard InChI is InChI=1S/C20H27BrN2O5S/c1-5-23(6-2)10-13(25)11-28-17-15(21)9-8-14-16(20(26)27-7-3)19(22-12(4)24)29-18(14)17/h8-9,13,25H,5-7,10-11H2,1-4H3,(H,22,24)/t13-/m0/s1. The minimum absolute atomic E-state index is 0.107. The number of nitrogens with one attached hydrogen (secondary N) is 1. The van der Waals surface area contributed by atoms with Gasteiger partial charge in [0.05, 0.1) is 15.8 Å². The molecule has 0 saturated carbocycles. The Balaban J connectivity index is 2.39. The molecule has 7 nitrogen and oxygen atoms in total. The molecule has 9 heteroatoms. The van der Waals surface area contributed by atoms with Crippen molar-refractivity contribution in [2.45, 2.75) is 33.8 Å². The maximum Gasteiger partial charge on any atom is 0.341 e. The van der Waals surface area contributed by atoms with Crippen LogP contribution in [0.5, 0.6) is 5.75 Å². The predicted octanol–water partition coefficient (Wildman–Crippen LogP) is 3.88. The van der Waals surface area contributed by atoms with Crippen molar-refractivity contribution in [3.8, 4) is 5.75 Å². The molecule has 0 aliphatic rings. The molecule has 0 saturated heterocycles. The minimum Gasteiger partial charge on any atom is -0.488 e. The van der Waals surface area contributed by atoms with Gasteiger partial charge in [-0.2, -0.15) is 0 Å². The Morgan fingerprint density at radius 1 is 1.28 bits per heavy atom. The van der Waals surface area contributed by atoms with Gasteiger partial charge in [-0.1, -0.05) is 19.9 Å². The first-order valence-corrected chi connectivity index (χ1v) is 11.2. The molecule has 0 fully saturated rings. The highest BCUT2D eigenvalue weighted by molar-refractivity contribution is 9.10. The van der Waals surface area contributed by atoms with Gasteiger partial charge in [0.25, 0.3) is 0 Å². The molecular weight excluding hydrogens is 460 g/mol. The first-order chi connectivity index (χ1) is 13.8. The summed E-state index contributed by atoms with van der Waals surface area (Å²) in [7, 11) is 0. The first-order valence-electron chi connectivity index (χ1n) is 9.55. The minimum atomic E-state index is -0.656. The van der Waals surface area contributed by atoms with Crippen LogP contribution in [0.25, 0.3) is 10.1 Å². The van der Waals surface area contributed by atoms with E-state index >= 15 is 0 Å². The molecule has 1 amide bonds. The second-order valence-electron chi connectivity index (χ2n) is 6.41. The van der Waals surface area contributed by atoms with Crippen molar-refractivity contribution < 1.29 is 24.2 Å². The molecule has 2 rings (SSSR count). The van der Waals surface area contributed by atoms with E-state index in [4.69, 9.17) is 9.47 Å². The van der Waals surface area contributed by atoms with Crippen molar-refractivity contribution in [2.75, 3.05) is 38.2 Å². The van der Waals surface area contributed by atoms with Gasteiger partial charge < -0.3 is 24.8 Å². The lowest BCUT2D eigenvalue weighted by molar-refractivity contribution is -0.114. The van der Waals surface area contributed by atoms with Crippen molar-refractivity contribution in [1.82, 2.24) is 4.90 Å². The number of fused-ring (bicyclic) bond motifs is 1. The summed E-state index contributed by atoms with van der Waals surface area (Å²) in [6.07, 6.45) is -0.656. The Kier molecular flexibility index (Phi) is 8.88. The maximum absolute atomic E-state index is 12.5. The number of carbonyl (C=O) groups is 2. The SMILES string of the molecule is CCOC(=O)c1c(NC(C)=O)sc2c(OC[C@@H](O)CN(CC)CC)c(Br)ccc12. The summed E-state index contributed by atoms with van der Waals surface area (Å²) in [6, 6.07) is 3.56. The van der Waals surface area contributed by atoms with E-state index in [9.17, 15) is 14.7 Å². The van der Waals surface area contributed by atoms with Crippen LogP contribution in [-0.4, -0.2) is 60.8 Å². The number of halogens is 1. The normalized spacial score (nSPS) is 12.2. The maximum atomic E-state index is 12.5. The number of benzene rings is 1. The van der Waals surface area contributed by atoms with Gasteiger partial charge in [0, 0.05) is 18.9 Å². The van der Waals surface area contributed by atoms with E-state index in [0.29, 0.717) is 37.4 Å². The van der Waals surface area contributed by atoms with Gasteiger partial charge in [0.1, 0.15) is 23.3 Å². The van der Waals surface area contributed by atoms with Crippen LogP contribution in [0.1, 0.15) is 38.1 Å². The highest BCUT2D eigenvalue weighted by Crippen LogP contribution is 2.44. The number of amides is 1. The van der Waals surface area contributed by atoms with Gasteiger partial charge in [-0.3, -0.25) is 4.79 Å². The van der Waals surface area contributed by atoms with E-state index < -0.39 is 12.1 Å². The molecule has 1 aromatic carbocycles. The second kappa shape index (κ2) is 10.9. The number of ether oxygens (including phenoxy) is 2. The fraction of sp³-hybridized carbons (Fsp3) is 0.500. The van der Waals surface area contributed by atoms with E-state index in [-0.39, 0.29) is 19.1 Å². The zero-order valence-corrected chi connectivity index (χ0v) is 19.5. The third-order valence-corrected chi connectivity index (χ3v) is 6.06. The number of rotatable bonds is 10. The summed E-state index contributed by atoms with van der Waals surface area (Å²) >= 11 is 4.73. The second-order valence-corrected chi connectivity index (χ2v) is 8.29. The summed E-state index contributed by atoms with van der Waals surface area (Å²) < 4.78 is 12.5. The summed E-state index contributed by atoms with van der Waals surface area (Å²) in [6.45, 7) is 9.74. The molecule has 0 bridgehead atoms. The van der Waals surface area contributed by atoms with Crippen molar-refractivity contribution in [2.24, 2.45) is 0 Å². The fourth-order valence-electron chi connectivity index (χ4n) is 2.91. The predicted molar refractivity (Wildman–Crippen MR) is 119 cm³/mol. The zero-order chi connectivity index (χ0) is 21.6. The summed E-state index contributed by atoms with van der Waals surface area (Å²) in [4.78, 5) is 26.2. The first kappa shape index (κ1) is 23.6. The summed E-state index contributed by atoms with van der Waals surface area (Å²) in [5, 5.41) is 14.1. The van der Waals surface area contributed by atoms with Gasteiger partial charge in [-0.05, 0) is 42.0 Å². The van der Waals surface area contributed by atoms with Crippen molar-refractivity contribution in [3.05, 3.63) is 22.2 Å². The number of carbonyl (C=O) groups excluding carboxylic acids is 2. The number of hydrogen-bond donors (Lipinski definition) is 2. The molecule has 160 valence electrons. The number of anilines is 1. The number of nitrogens with zero attached hydrogens (tertiary/aromatic N) is 1. The number of likely N-dealkylation sites (N-methyl/N-ethyl adjacent to an activating group) is 1. The van der Waals surface area contributed by atoms with Crippen molar-refractivity contribution >= 4 is 54.2 Å². The average Bonchev–Trinajstić information content (AvgIpc) is 3.02. The number of aliphatic hydroxyl groups is 1. The summed E-state index contributed by atoms with van der Waals surface area (Å²) in [5.74, 6) is -0.260. The quantitative estimate of drug-likeness (QED) is 0.495. The number of thiophene rings is 1. The Hall–Kier alpha value is -1.68. The van der Waals surface area contributed by atoms with Gasteiger partial charge >= 0.3 is 5.97 Å². The average molecular weight is 487 g/mol. The van der Waals surface area contributed by atoms with Gasteiger partial charge in [-0.25, -0.2) is 4.79 Å². The fourth-order valence-corrected chi connectivity index (χ4v) is 4.72. The largest absolute Gasteiger partial charge is 0.488 e. The Morgan fingerprint density at radius 2 is 1.97 bits per heavy atom. The lowest BCUT2D eigenvalue weighted by Gasteiger charge is -2.22. The molecule has 1 heterocycles. The van der Waals surface area contributed by atoms with Crippen LogP contribution in [-0.2, 0) is 9.53 Å². The van der Waals surface area contributed by atoms with Gasteiger partial charge in [-0.15, -0.1) is 11.3 Å². The number of aliphatic hydroxyl groups excluding tert-OH is 1. The van der Waals surface area contributed by atoms with Crippen LogP contribution in [0.3, 0.4) is 0 Å². The molecule has 0 aliphatic heterocycles. The van der Waals surface area contributed by atoms with E-state index in [1.807, 2.05) is 13.8 Å². The van der Waals surface area contributed by atoms with Crippen LogP contribution in [0.4, 0.5) is 5.00 Å². The highest BCUT2D eigenvalue weighted by atomic mass is 79.9. The van der Waals surface area contributed by atoms with Crippen LogP contribution >= 0.6 is 27.3 Å². The monoisotopic (exact) mass is 486 g/mol. The lowest BCUT2D eigenvalue weighted by atomic mass is 10.1. The summed E-state index contributed by atoms with van der Waals surface area (Å²) in [5.41, 5.74) is 0.308. The third-order valence-electron chi connectivity index (χ3n) is 4.32. The highest BCUT2D eigenvalue weighted by Gasteiger charge is 2.24. The molecule has 29 heavy (non-hydrogen) atoms. The third kappa shape index (κ3) is 5.91. The Labute approximate surface area is 183 Å². The molecule has 0 radical (unpaired) electrons. The zero-order valence-electron chi connectivity index (χ0n) is 17.1. The smallest absolute Gasteiger partial charge is 0.341 e. The number of esters is 1. The molecule has 0 unspecified atom stereocenters. The molecular formula is C20H27BrN2O5S. The number of hydrogen-bond acceptors (Lipinski definition) is 7. The Bertz CT molecular complexity index is 866.